The van der Waals surface area contributed by atoms with Gasteiger partial charge in [-0.15, -0.1) is 0 Å². The summed E-state index contributed by atoms with van der Waals surface area (Å²) in [5.74, 6) is 0.0719. The monoisotopic (exact) mass is 420 g/mol. The first-order chi connectivity index (χ1) is 15.2. The SMILES string of the molecule is O=C(NCCCN1CCN(Cc2ccccc2)CC1)c1cccc(N2CCCC2=O)c1. The van der Waals surface area contributed by atoms with Gasteiger partial charge in [0.15, 0.2) is 0 Å². The minimum Gasteiger partial charge on any atom is -0.352 e. The van der Waals surface area contributed by atoms with E-state index in [1.807, 2.05) is 24.3 Å². The summed E-state index contributed by atoms with van der Waals surface area (Å²) < 4.78 is 0. The Labute approximate surface area is 184 Å². The predicted molar refractivity (Wildman–Crippen MR) is 123 cm³/mol. The minimum absolute atomic E-state index is 0.0684. The number of carbonyl (C=O) groups is 2. The predicted octanol–water partition coefficient (Wildman–Crippen LogP) is 2.75. The number of piperazine rings is 1. The van der Waals surface area contributed by atoms with Gasteiger partial charge < -0.3 is 15.1 Å². The van der Waals surface area contributed by atoms with Crippen LogP contribution in [0, 0.1) is 0 Å². The first-order valence-corrected chi connectivity index (χ1v) is 11.4. The topological polar surface area (TPSA) is 55.9 Å². The maximum atomic E-state index is 12.5. The lowest BCUT2D eigenvalue weighted by molar-refractivity contribution is -0.117. The van der Waals surface area contributed by atoms with Gasteiger partial charge in [0, 0.05) is 63.5 Å². The Hall–Kier alpha value is -2.70. The normalized spacial score (nSPS) is 17.8. The van der Waals surface area contributed by atoms with Crippen molar-refractivity contribution in [3.8, 4) is 0 Å². The molecular weight excluding hydrogens is 388 g/mol. The van der Waals surface area contributed by atoms with E-state index in [-0.39, 0.29) is 11.8 Å². The van der Waals surface area contributed by atoms with Crippen molar-refractivity contribution in [2.75, 3.05) is 50.7 Å². The van der Waals surface area contributed by atoms with E-state index in [1.54, 1.807) is 4.90 Å². The molecule has 0 radical (unpaired) electrons. The summed E-state index contributed by atoms with van der Waals surface area (Å²) in [7, 11) is 0. The van der Waals surface area contributed by atoms with Gasteiger partial charge in [-0.3, -0.25) is 14.5 Å². The number of amides is 2. The Morgan fingerprint density at radius 1 is 0.903 bits per heavy atom. The van der Waals surface area contributed by atoms with E-state index in [2.05, 4.69) is 45.4 Å². The average Bonchev–Trinajstić information content (AvgIpc) is 3.24. The number of nitrogens with one attached hydrogen (secondary N) is 1. The van der Waals surface area contributed by atoms with Crippen LogP contribution in [0.5, 0.6) is 0 Å². The molecule has 0 bridgehead atoms. The molecule has 2 amide bonds. The average molecular weight is 421 g/mol. The first-order valence-electron chi connectivity index (χ1n) is 11.4. The van der Waals surface area contributed by atoms with Crippen molar-refractivity contribution in [1.29, 1.82) is 0 Å². The van der Waals surface area contributed by atoms with Gasteiger partial charge in [-0.05, 0) is 43.1 Å². The zero-order chi connectivity index (χ0) is 21.5. The fraction of sp³-hybridized carbons (Fsp3) is 0.440. The summed E-state index contributed by atoms with van der Waals surface area (Å²) >= 11 is 0. The van der Waals surface area contributed by atoms with Gasteiger partial charge in [-0.25, -0.2) is 0 Å². The summed E-state index contributed by atoms with van der Waals surface area (Å²) in [5, 5.41) is 3.03. The Balaban J connectivity index is 1.15. The molecule has 0 atom stereocenters. The smallest absolute Gasteiger partial charge is 0.251 e. The molecule has 1 N–H and O–H groups in total. The van der Waals surface area contributed by atoms with Crippen LogP contribution in [0.15, 0.2) is 54.6 Å². The molecule has 2 aromatic rings. The second-order valence-corrected chi connectivity index (χ2v) is 8.41. The molecule has 2 heterocycles. The molecule has 31 heavy (non-hydrogen) atoms. The van der Waals surface area contributed by atoms with E-state index in [9.17, 15) is 9.59 Å². The molecule has 4 rings (SSSR count). The van der Waals surface area contributed by atoms with E-state index in [4.69, 9.17) is 0 Å². The highest BCUT2D eigenvalue weighted by Gasteiger charge is 2.22. The van der Waals surface area contributed by atoms with Crippen LogP contribution in [-0.4, -0.2) is 67.4 Å². The molecule has 6 heteroatoms. The van der Waals surface area contributed by atoms with Crippen LogP contribution in [0.3, 0.4) is 0 Å². The minimum atomic E-state index is -0.0684. The van der Waals surface area contributed by atoms with Crippen molar-refractivity contribution in [2.24, 2.45) is 0 Å². The van der Waals surface area contributed by atoms with Crippen LogP contribution in [0.2, 0.25) is 0 Å². The van der Waals surface area contributed by atoms with E-state index >= 15 is 0 Å². The molecule has 2 aromatic carbocycles. The van der Waals surface area contributed by atoms with E-state index in [1.165, 1.54) is 5.56 Å². The van der Waals surface area contributed by atoms with Crippen molar-refractivity contribution in [2.45, 2.75) is 25.8 Å². The summed E-state index contributed by atoms with van der Waals surface area (Å²) in [5.41, 5.74) is 2.81. The van der Waals surface area contributed by atoms with Crippen LogP contribution in [0.4, 0.5) is 5.69 Å². The third-order valence-corrected chi connectivity index (χ3v) is 6.14. The van der Waals surface area contributed by atoms with Crippen LogP contribution < -0.4 is 10.2 Å². The van der Waals surface area contributed by atoms with Gasteiger partial charge in [0.2, 0.25) is 5.91 Å². The number of carbonyl (C=O) groups excluding carboxylic acids is 2. The molecular formula is C25H32N4O2. The van der Waals surface area contributed by atoms with Crippen molar-refractivity contribution in [3.05, 3.63) is 65.7 Å². The van der Waals surface area contributed by atoms with Crippen LogP contribution >= 0.6 is 0 Å². The number of nitrogens with zero attached hydrogens (tertiary/aromatic N) is 3. The summed E-state index contributed by atoms with van der Waals surface area (Å²) in [6.45, 7) is 7.75. The molecule has 2 saturated heterocycles. The lowest BCUT2D eigenvalue weighted by atomic mass is 10.1. The van der Waals surface area contributed by atoms with Gasteiger partial charge in [0.05, 0.1) is 0 Å². The Morgan fingerprint density at radius 3 is 2.42 bits per heavy atom. The van der Waals surface area contributed by atoms with Gasteiger partial charge in [-0.2, -0.15) is 0 Å². The number of rotatable bonds is 8. The molecule has 0 aliphatic carbocycles. The van der Waals surface area contributed by atoms with Crippen molar-refractivity contribution >= 4 is 17.5 Å². The van der Waals surface area contributed by atoms with Gasteiger partial charge in [-0.1, -0.05) is 36.4 Å². The Morgan fingerprint density at radius 2 is 1.68 bits per heavy atom. The second kappa shape index (κ2) is 10.6. The van der Waals surface area contributed by atoms with Crippen molar-refractivity contribution in [1.82, 2.24) is 15.1 Å². The zero-order valence-electron chi connectivity index (χ0n) is 18.1. The Kier molecular flexibility index (Phi) is 7.33. The highest BCUT2D eigenvalue weighted by atomic mass is 16.2. The van der Waals surface area contributed by atoms with E-state index in [0.29, 0.717) is 18.5 Å². The maximum absolute atomic E-state index is 12.5. The largest absolute Gasteiger partial charge is 0.352 e. The molecule has 2 aliphatic heterocycles. The molecule has 0 aromatic heterocycles. The third kappa shape index (κ3) is 5.93. The molecule has 164 valence electrons. The number of anilines is 1. The van der Waals surface area contributed by atoms with Crippen molar-refractivity contribution in [3.63, 3.8) is 0 Å². The second-order valence-electron chi connectivity index (χ2n) is 8.41. The Bertz CT molecular complexity index is 878. The maximum Gasteiger partial charge on any atom is 0.251 e. The van der Waals surface area contributed by atoms with Crippen LogP contribution in [-0.2, 0) is 11.3 Å². The number of benzene rings is 2. The molecule has 0 unspecified atom stereocenters. The fourth-order valence-corrected chi connectivity index (χ4v) is 4.36. The lowest BCUT2D eigenvalue weighted by Gasteiger charge is -2.34. The van der Waals surface area contributed by atoms with E-state index < -0.39 is 0 Å². The highest BCUT2D eigenvalue weighted by molar-refractivity contribution is 5.99. The van der Waals surface area contributed by atoms with Gasteiger partial charge >= 0.3 is 0 Å². The molecule has 2 fully saturated rings. The summed E-state index contributed by atoms with van der Waals surface area (Å²) in [6, 6.07) is 18.0. The van der Waals surface area contributed by atoms with Crippen LogP contribution in [0.25, 0.3) is 0 Å². The van der Waals surface area contributed by atoms with Crippen LogP contribution in [0.1, 0.15) is 35.2 Å². The third-order valence-electron chi connectivity index (χ3n) is 6.14. The number of hydrogen-bond donors (Lipinski definition) is 1. The van der Waals surface area contributed by atoms with Gasteiger partial charge in [0.1, 0.15) is 0 Å². The summed E-state index contributed by atoms with van der Waals surface area (Å²) in [6.07, 6.45) is 2.42. The van der Waals surface area contributed by atoms with E-state index in [0.717, 1.165) is 64.3 Å². The van der Waals surface area contributed by atoms with Gasteiger partial charge in [0.25, 0.3) is 5.91 Å². The molecule has 0 spiro atoms. The quantitative estimate of drug-likeness (QED) is 0.668. The molecule has 2 aliphatic rings. The molecule has 6 nitrogen and oxygen atoms in total. The first kappa shape index (κ1) is 21.5. The highest BCUT2D eigenvalue weighted by Crippen LogP contribution is 2.22. The zero-order valence-corrected chi connectivity index (χ0v) is 18.1. The molecule has 0 saturated carbocycles. The summed E-state index contributed by atoms with van der Waals surface area (Å²) in [4.78, 5) is 31.2. The standard InChI is InChI=1S/C25H32N4O2/c30-24-11-5-14-29(24)23-10-4-9-22(19-23)25(31)26-12-6-13-27-15-17-28(18-16-27)20-21-7-2-1-3-8-21/h1-4,7-10,19H,5-6,11-18,20H2,(H,26,31). The lowest BCUT2D eigenvalue weighted by Crippen LogP contribution is -2.46. The fourth-order valence-electron chi connectivity index (χ4n) is 4.36. The number of hydrogen-bond acceptors (Lipinski definition) is 4. The van der Waals surface area contributed by atoms with Crippen molar-refractivity contribution < 1.29 is 9.59 Å².